The third-order valence-corrected chi connectivity index (χ3v) is 4.27. The molecule has 2 rings (SSSR count). The summed E-state index contributed by atoms with van der Waals surface area (Å²) in [5.41, 5.74) is 7.92. The molecule has 0 spiro atoms. The van der Waals surface area contributed by atoms with Gasteiger partial charge in [0, 0.05) is 31.9 Å². The van der Waals surface area contributed by atoms with Crippen molar-refractivity contribution in [1.82, 2.24) is 4.90 Å². The summed E-state index contributed by atoms with van der Waals surface area (Å²) < 4.78 is 0. The molecule has 110 valence electrons. The monoisotopic (exact) mass is 275 g/mol. The first kappa shape index (κ1) is 14.9. The van der Waals surface area contributed by atoms with Gasteiger partial charge in [-0.1, -0.05) is 25.1 Å². The van der Waals surface area contributed by atoms with Gasteiger partial charge in [-0.15, -0.1) is 0 Å². The van der Waals surface area contributed by atoms with E-state index in [1.165, 1.54) is 0 Å². The first-order chi connectivity index (χ1) is 9.39. The highest BCUT2D eigenvalue weighted by Crippen LogP contribution is 2.33. The number of likely N-dealkylation sites (N-methyl/N-ethyl adjacent to an activating group) is 1. The minimum Gasteiger partial charge on any atom is -0.355 e. The van der Waals surface area contributed by atoms with E-state index in [1.54, 1.807) is 4.90 Å². The molecule has 2 N–H and O–H groups in total. The van der Waals surface area contributed by atoms with Crippen LogP contribution in [0.25, 0.3) is 0 Å². The van der Waals surface area contributed by atoms with Crippen LogP contribution in [0.2, 0.25) is 0 Å². The SMILES string of the molecule is CCC(N)c1ccccc1N1CCN(C)C(=O)C1(C)C. The molecule has 4 nitrogen and oxygen atoms in total. The van der Waals surface area contributed by atoms with Crippen molar-refractivity contribution in [3.63, 3.8) is 0 Å². The summed E-state index contributed by atoms with van der Waals surface area (Å²) in [7, 11) is 1.87. The quantitative estimate of drug-likeness (QED) is 0.919. The van der Waals surface area contributed by atoms with Crippen LogP contribution in [-0.4, -0.2) is 36.5 Å². The van der Waals surface area contributed by atoms with Crippen molar-refractivity contribution < 1.29 is 4.79 Å². The summed E-state index contributed by atoms with van der Waals surface area (Å²) in [4.78, 5) is 16.4. The van der Waals surface area contributed by atoms with E-state index in [9.17, 15) is 4.79 Å². The predicted octanol–water partition coefficient (Wildman–Crippen LogP) is 2.15. The number of para-hydroxylation sites is 1. The molecule has 1 aromatic rings. The molecule has 1 unspecified atom stereocenters. The number of carbonyl (C=O) groups excluding carboxylic acids is 1. The van der Waals surface area contributed by atoms with Crippen LogP contribution >= 0.6 is 0 Å². The Kier molecular flexibility index (Phi) is 4.04. The second-order valence-corrected chi connectivity index (χ2v) is 6.01. The topological polar surface area (TPSA) is 49.6 Å². The standard InChI is InChI=1S/C16H25N3O/c1-5-13(17)12-8-6-7-9-14(12)19-11-10-18(4)15(20)16(19,2)3/h6-9,13H,5,10-11,17H2,1-4H3. The molecule has 0 aliphatic carbocycles. The van der Waals surface area contributed by atoms with Gasteiger partial charge in [-0.3, -0.25) is 4.79 Å². The van der Waals surface area contributed by atoms with Gasteiger partial charge in [0.05, 0.1) is 0 Å². The van der Waals surface area contributed by atoms with Crippen LogP contribution in [0.1, 0.15) is 38.8 Å². The number of carbonyl (C=O) groups is 1. The van der Waals surface area contributed by atoms with Gasteiger partial charge < -0.3 is 15.5 Å². The molecular weight excluding hydrogens is 250 g/mol. The maximum Gasteiger partial charge on any atom is 0.247 e. The largest absolute Gasteiger partial charge is 0.355 e. The average molecular weight is 275 g/mol. The van der Waals surface area contributed by atoms with Gasteiger partial charge in [-0.2, -0.15) is 0 Å². The number of nitrogens with zero attached hydrogens (tertiary/aromatic N) is 2. The molecule has 20 heavy (non-hydrogen) atoms. The second kappa shape index (κ2) is 5.44. The summed E-state index contributed by atoms with van der Waals surface area (Å²) in [5, 5.41) is 0. The number of hydrogen-bond donors (Lipinski definition) is 1. The van der Waals surface area contributed by atoms with Gasteiger partial charge in [0.1, 0.15) is 5.54 Å². The number of piperazine rings is 1. The predicted molar refractivity (Wildman–Crippen MR) is 82.7 cm³/mol. The third kappa shape index (κ3) is 2.40. The molecule has 0 saturated carbocycles. The smallest absolute Gasteiger partial charge is 0.247 e. The minimum absolute atomic E-state index is 0.0109. The molecule has 4 heteroatoms. The zero-order valence-electron chi connectivity index (χ0n) is 12.9. The Morgan fingerprint density at radius 1 is 1.30 bits per heavy atom. The Hall–Kier alpha value is -1.55. The van der Waals surface area contributed by atoms with Crippen molar-refractivity contribution >= 4 is 11.6 Å². The van der Waals surface area contributed by atoms with E-state index in [0.717, 1.165) is 30.8 Å². The maximum absolute atomic E-state index is 12.4. The second-order valence-electron chi connectivity index (χ2n) is 6.01. The van der Waals surface area contributed by atoms with Gasteiger partial charge in [0.15, 0.2) is 0 Å². The number of nitrogens with two attached hydrogens (primary N) is 1. The fourth-order valence-electron chi connectivity index (χ4n) is 2.90. The highest BCUT2D eigenvalue weighted by Gasteiger charge is 2.41. The normalized spacial score (nSPS) is 20.1. The highest BCUT2D eigenvalue weighted by atomic mass is 16.2. The highest BCUT2D eigenvalue weighted by molar-refractivity contribution is 5.90. The van der Waals surface area contributed by atoms with Crippen LogP contribution in [0, 0.1) is 0 Å². The van der Waals surface area contributed by atoms with Crippen molar-refractivity contribution in [2.75, 3.05) is 25.0 Å². The van der Waals surface area contributed by atoms with E-state index >= 15 is 0 Å². The zero-order valence-corrected chi connectivity index (χ0v) is 12.9. The van der Waals surface area contributed by atoms with Crippen molar-refractivity contribution in [1.29, 1.82) is 0 Å². The van der Waals surface area contributed by atoms with Gasteiger partial charge in [0.25, 0.3) is 0 Å². The van der Waals surface area contributed by atoms with Crippen LogP contribution in [-0.2, 0) is 4.79 Å². The van der Waals surface area contributed by atoms with Crippen molar-refractivity contribution in [2.45, 2.75) is 38.8 Å². The fourth-order valence-corrected chi connectivity index (χ4v) is 2.90. The number of hydrogen-bond acceptors (Lipinski definition) is 3. The fraction of sp³-hybridized carbons (Fsp3) is 0.562. The summed E-state index contributed by atoms with van der Waals surface area (Å²) in [6.45, 7) is 7.64. The van der Waals surface area contributed by atoms with Gasteiger partial charge in [-0.05, 0) is 31.9 Å². The first-order valence-electron chi connectivity index (χ1n) is 7.27. The van der Waals surface area contributed by atoms with Crippen molar-refractivity contribution in [2.24, 2.45) is 5.73 Å². The molecule has 0 bridgehead atoms. The summed E-state index contributed by atoms with van der Waals surface area (Å²) in [6.07, 6.45) is 0.888. The number of amides is 1. The van der Waals surface area contributed by atoms with Crippen molar-refractivity contribution in [3.8, 4) is 0 Å². The molecule has 1 heterocycles. The molecule has 1 atom stereocenters. The number of benzene rings is 1. The lowest BCUT2D eigenvalue weighted by Gasteiger charge is -2.47. The molecule has 1 saturated heterocycles. The Labute approximate surface area is 121 Å². The number of anilines is 1. The molecule has 1 aromatic carbocycles. The lowest BCUT2D eigenvalue weighted by atomic mass is 9.94. The Balaban J connectivity index is 2.43. The molecule has 1 aliphatic heterocycles. The maximum atomic E-state index is 12.4. The van der Waals surface area contributed by atoms with Gasteiger partial charge in [0.2, 0.25) is 5.91 Å². The van der Waals surface area contributed by atoms with E-state index in [1.807, 2.05) is 33.0 Å². The lowest BCUT2D eigenvalue weighted by Crippen LogP contribution is -2.62. The van der Waals surface area contributed by atoms with E-state index < -0.39 is 5.54 Å². The zero-order chi connectivity index (χ0) is 14.9. The summed E-state index contributed by atoms with van der Waals surface area (Å²) >= 11 is 0. The lowest BCUT2D eigenvalue weighted by molar-refractivity contribution is -0.136. The average Bonchev–Trinajstić information content (AvgIpc) is 2.44. The van der Waals surface area contributed by atoms with Crippen LogP contribution in [0.3, 0.4) is 0 Å². The Morgan fingerprint density at radius 3 is 2.60 bits per heavy atom. The number of rotatable bonds is 3. The van der Waals surface area contributed by atoms with E-state index in [-0.39, 0.29) is 11.9 Å². The van der Waals surface area contributed by atoms with Crippen molar-refractivity contribution in [3.05, 3.63) is 29.8 Å². The molecule has 1 fully saturated rings. The molecule has 0 aromatic heterocycles. The van der Waals surface area contributed by atoms with Gasteiger partial charge >= 0.3 is 0 Å². The third-order valence-electron chi connectivity index (χ3n) is 4.27. The first-order valence-corrected chi connectivity index (χ1v) is 7.27. The van der Waals surface area contributed by atoms with Crippen LogP contribution < -0.4 is 10.6 Å². The van der Waals surface area contributed by atoms with Crippen LogP contribution in [0.4, 0.5) is 5.69 Å². The molecule has 1 amide bonds. The summed E-state index contributed by atoms with van der Waals surface area (Å²) in [6, 6.07) is 8.18. The van der Waals surface area contributed by atoms with E-state index in [0.29, 0.717) is 0 Å². The minimum atomic E-state index is -0.531. The van der Waals surface area contributed by atoms with Crippen LogP contribution in [0.5, 0.6) is 0 Å². The Morgan fingerprint density at radius 2 is 1.95 bits per heavy atom. The molecule has 0 radical (unpaired) electrons. The Bertz CT molecular complexity index is 498. The van der Waals surface area contributed by atoms with E-state index in [4.69, 9.17) is 5.73 Å². The van der Waals surface area contributed by atoms with E-state index in [2.05, 4.69) is 24.0 Å². The molecule has 1 aliphatic rings. The van der Waals surface area contributed by atoms with Crippen LogP contribution in [0.15, 0.2) is 24.3 Å². The summed E-state index contributed by atoms with van der Waals surface area (Å²) in [5.74, 6) is 0.156. The molecular formula is C16H25N3O. The van der Waals surface area contributed by atoms with Gasteiger partial charge in [-0.25, -0.2) is 0 Å².